The Balaban J connectivity index is 1.39. The van der Waals surface area contributed by atoms with Gasteiger partial charge in [-0.2, -0.15) is 0 Å². The van der Waals surface area contributed by atoms with Gasteiger partial charge in [-0.3, -0.25) is 4.79 Å². The monoisotopic (exact) mass is 548 g/mol. The summed E-state index contributed by atoms with van der Waals surface area (Å²) in [5.41, 5.74) is -0.223. The summed E-state index contributed by atoms with van der Waals surface area (Å²) in [6.45, 7) is 6.39. The van der Waals surface area contributed by atoms with Crippen LogP contribution in [0.1, 0.15) is 95.6 Å². The third-order valence-corrected chi connectivity index (χ3v) is 9.55. The molecule has 2 bridgehead atoms. The number of carbonyl (C=O) groups is 2. The molecule has 3 aliphatic rings. The Morgan fingerprint density at radius 2 is 1.45 bits per heavy atom. The molecule has 40 heavy (non-hydrogen) atoms. The third kappa shape index (κ3) is 5.84. The van der Waals surface area contributed by atoms with E-state index in [1.165, 1.54) is 43.3 Å². The average molecular weight is 549 g/mol. The number of nitrogens with zero attached hydrogens (tertiary/aromatic N) is 1. The Hall–Kier alpha value is -2.70. The van der Waals surface area contributed by atoms with Gasteiger partial charge in [-0.25, -0.2) is 4.79 Å². The molecular weight excluding hydrogens is 502 g/mol. The fourth-order valence-electron chi connectivity index (χ4n) is 7.69. The molecule has 0 aromatic heterocycles. The van der Waals surface area contributed by atoms with Gasteiger partial charge in [-0.1, -0.05) is 86.8 Å². The topological polar surface area (TPSA) is 61.8 Å². The van der Waals surface area contributed by atoms with Gasteiger partial charge in [0.05, 0.1) is 25.2 Å². The minimum Gasteiger partial charge on any atom is -0.459 e. The second kappa shape index (κ2) is 12.9. The molecule has 0 amide bonds. The van der Waals surface area contributed by atoms with Crippen molar-refractivity contribution in [2.24, 2.45) is 0 Å². The Kier molecular flexibility index (Phi) is 9.27. The van der Waals surface area contributed by atoms with E-state index in [1.807, 2.05) is 60.7 Å². The summed E-state index contributed by atoms with van der Waals surface area (Å²) in [7, 11) is 0. The van der Waals surface area contributed by atoms with E-state index in [2.05, 4.69) is 6.92 Å². The van der Waals surface area contributed by atoms with E-state index in [0.29, 0.717) is 29.6 Å². The highest BCUT2D eigenvalue weighted by molar-refractivity contribution is 5.86. The molecule has 5 rings (SSSR count). The first-order valence-electron chi connectivity index (χ1n) is 15.5. The van der Waals surface area contributed by atoms with Crippen molar-refractivity contribution in [2.75, 3.05) is 13.1 Å². The fraction of sp³-hybridized carbons (Fsp3) is 0.588. The number of hydrogen-bond acceptors (Lipinski definition) is 5. The summed E-state index contributed by atoms with van der Waals surface area (Å²) in [6, 6.07) is 20.2. The summed E-state index contributed by atoms with van der Waals surface area (Å²) < 4.78 is 19.9. The number of ether oxygens (including phenoxy) is 3. The number of hydrogen-bond donors (Lipinski definition) is 0. The zero-order valence-corrected chi connectivity index (χ0v) is 24.3. The Labute approximate surface area is 239 Å². The molecule has 6 heteroatoms. The van der Waals surface area contributed by atoms with Crippen LogP contribution in [-0.4, -0.2) is 54.0 Å². The standard InChI is InChI=1S/C34H46NO5/c1-3-4-5-12-19-32(36)38-26(2)40-34(27-15-8-6-9-16-27,28-17-10-7-11-18-28)33(37)39-31-24-29-20-21-30(25-31)35(29)22-13-14-23-35/h6-11,15-18,26,29-31H,3-5,12-14,19-25H2,1-2H3/q+1. The lowest BCUT2D eigenvalue weighted by Crippen LogP contribution is -2.60. The number of carbonyl (C=O) groups excluding carboxylic acids is 2. The van der Waals surface area contributed by atoms with E-state index in [9.17, 15) is 9.59 Å². The van der Waals surface area contributed by atoms with Gasteiger partial charge in [0.25, 0.3) is 0 Å². The van der Waals surface area contributed by atoms with Crippen molar-refractivity contribution < 1.29 is 28.3 Å². The van der Waals surface area contributed by atoms with Crippen LogP contribution in [-0.2, 0) is 29.4 Å². The number of esters is 2. The maximum Gasteiger partial charge on any atom is 0.348 e. The summed E-state index contributed by atoms with van der Waals surface area (Å²) in [6.07, 6.45) is 10.1. The van der Waals surface area contributed by atoms with Crippen LogP contribution in [0.3, 0.4) is 0 Å². The number of piperidine rings is 1. The number of quaternary nitrogens is 1. The van der Waals surface area contributed by atoms with E-state index >= 15 is 0 Å². The molecule has 0 aliphatic carbocycles. The van der Waals surface area contributed by atoms with Crippen molar-refractivity contribution in [1.29, 1.82) is 0 Å². The van der Waals surface area contributed by atoms with E-state index in [0.717, 1.165) is 38.5 Å². The van der Waals surface area contributed by atoms with E-state index < -0.39 is 17.9 Å². The van der Waals surface area contributed by atoms with Crippen molar-refractivity contribution in [3.05, 3.63) is 71.8 Å². The molecule has 216 valence electrons. The van der Waals surface area contributed by atoms with Crippen molar-refractivity contribution in [3.8, 4) is 0 Å². The van der Waals surface area contributed by atoms with Crippen LogP contribution in [0.5, 0.6) is 0 Å². The zero-order valence-electron chi connectivity index (χ0n) is 24.3. The molecule has 0 N–H and O–H groups in total. The second-order valence-electron chi connectivity index (χ2n) is 12.0. The first kappa shape index (κ1) is 28.8. The number of unbranched alkanes of at least 4 members (excludes halogenated alkanes) is 3. The van der Waals surface area contributed by atoms with Crippen LogP contribution < -0.4 is 0 Å². The maximum absolute atomic E-state index is 14.5. The minimum absolute atomic E-state index is 0.138. The predicted octanol–water partition coefficient (Wildman–Crippen LogP) is 6.65. The summed E-state index contributed by atoms with van der Waals surface area (Å²) in [5, 5.41) is 0. The van der Waals surface area contributed by atoms with E-state index in [-0.39, 0.29) is 12.1 Å². The first-order valence-corrected chi connectivity index (χ1v) is 15.5. The van der Waals surface area contributed by atoms with Crippen molar-refractivity contribution in [2.45, 2.75) is 115 Å². The lowest BCUT2D eigenvalue weighted by molar-refractivity contribution is -0.956. The van der Waals surface area contributed by atoms with Crippen molar-refractivity contribution in [1.82, 2.24) is 0 Å². The molecule has 3 heterocycles. The van der Waals surface area contributed by atoms with Crippen LogP contribution in [0, 0.1) is 0 Å². The van der Waals surface area contributed by atoms with Crippen molar-refractivity contribution >= 4 is 11.9 Å². The van der Waals surface area contributed by atoms with Crippen LogP contribution >= 0.6 is 0 Å². The molecule has 2 aromatic rings. The Morgan fingerprint density at radius 3 is 2.00 bits per heavy atom. The lowest BCUT2D eigenvalue weighted by atomic mass is 9.85. The summed E-state index contributed by atoms with van der Waals surface area (Å²) >= 11 is 0. The molecule has 6 nitrogen and oxygen atoms in total. The zero-order chi connectivity index (χ0) is 28.0. The highest BCUT2D eigenvalue weighted by Gasteiger charge is 2.57. The highest BCUT2D eigenvalue weighted by Crippen LogP contribution is 2.47. The predicted molar refractivity (Wildman–Crippen MR) is 154 cm³/mol. The Morgan fingerprint density at radius 1 is 0.875 bits per heavy atom. The second-order valence-corrected chi connectivity index (χ2v) is 12.0. The third-order valence-electron chi connectivity index (χ3n) is 9.55. The van der Waals surface area contributed by atoms with Gasteiger partial charge in [0, 0.05) is 44.9 Å². The quantitative estimate of drug-likeness (QED) is 0.129. The number of benzene rings is 2. The largest absolute Gasteiger partial charge is 0.459 e. The maximum atomic E-state index is 14.5. The van der Waals surface area contributed by atoms with Gasteiger partial charge in [0.2, 0.25) is 11.9 Å². The molecule has 3 saturated heterocycles. The lowest BCUT2D eigenvalue weighted by Gasteiger charge is -2.47. The van der Waals surface area contributed by atoms with Gasteiger partial charge in [0.15, 0.2) is 0 Å². The van der Waals surface area contributed by atoms with Gasteiger partial charge in [0.1, 0.15) is 6.10 Å². The van der Waals surface area contributed by atoms with Crippen LogP contribution in [0.4, 0.5) is 0 Å². The molecule has 0 radical (unpaired) electrons. The fourth-order valence-corrected chi connectivity index (χ4v) is 7.69. The normalized spacial score (nSPS) is 24.1. The minimum atomic E-state index is -1.55. The van der Waals surface area contributed by atoms with Gasteiger partial charge in [-0.15, -0.1) is 0 Å². The molecule has 1 spiro atoms. The van der Waals surface area contributed by atoms with Crippen LogP contribution in [0.15, 0.2) is 60.7 Å². The molecule has 0 saturated carbocycles. The summed E-state index contributed by atoms with van der Waals surface area (Å²) in [4.78, 5) is 27.1. The van der Waals surface area contributed by atoms with Crippen LogP contribution in [0.25, 0.3) is 0 Å². The molecule has 2 aromatic carbocycles. The SMILES string of the molecule is CCCCCCC(=O)OC(C)OC(C(=O)OC1CC2CCC(C1)[N+]21CCCC1)(c1ccccc1)c1ccccc1. The van der Waals surface area contributed by atoms with Crippen molar-refractivity contribution in [3.63, 3.8) is 0 Å². The van der Waals surface area contributed by atoms with Gasteiger partial charge in [-0.05, 0) is 24.5 Å². The molecular formula is C34H46NO5+. The van der Waals surface area contributed by atoms with Gasteiger partial charge < -0.3 is 18.7 Å². The van der Waals surface area contributed by atoms with Crippen LogP contribution in [0.2, 0.25) is 0 Å². The number of rotatable bonds is 12. The Bertz CT molecular complexity index is 1060. The highest BCUT2D eigenvalue weighted by atomic mass is 16.7. The van der Waals surface area contributed by atoms with E-state index in [4.69, 9.17) is 14.2 Å². The van der Waals surface area contributed by atoms with E-state index in [1.54, 1.807) is 6.92 Å². The van der Waals surface area contributed by atoms with Gasteiger partial charge >= 0.3 is 11.9 Å². The smallest absolute Gasteiger partial charge is 0.348 e. The molecule has 3 fully saturated rings. The molecule has 3 aliphatic heterocycles. The average Bonchev–Trinajstić information content (AvgIpc) is 3.51. The molecule has 3 atom stereocenters. The summed E-state index contributed by atoms with van der Waals surface area (Å²) in [5.74, 6) is -0.745. The first-order chi connectivity index (χ1) is 19.5. The molecule has 3 unspecified atom stereocenters.